The van der Waals surface area contributed by atoms with Gasteiger partial charge in [-0.05, 0) is 33.6 Å². The van der Waals surface area contributed by atoms with Crippen molar-refractivity contribution < 1.29 is 9.59 Å². The molecule has 0 unspecified atom stereocenters. The molecule has 0 N–H and O–H groups in total. The molecule has 0 spiro atoms. The Balaban J connectivity index is 1.91. The summed E-state index contributed by atoms with van der Waals surface area (Å²) in [5.41, 5.74) is 1.46. The number of halogens is 1. The molecule has 2 amide bonds. The van der Waals surface area contributed by atoms with Crippen LogP contribution in [0.15, 0.2) is 40.2 Å². The summed E-state index contributed by atoms with van der Waals surface area (Å²) in [4.78, 5) is 26.7. The van der Waals surface area contributed by atoms with Gasteiger partial charge in [0, 0.05) is 20.3 Å². The molecule has 0 aliphatic carbocycles. The van der Waals surface area contributed by atoms with Crippen molar-refractivity contribution in [1.82, 2.24) is 4.90 Å². The van der Waals surface area contributed by atoms with Gasteiger partial charge in [-0.15, -0.1) is 11.3 Å². The summed E-state index contributed by atoms with van der Waals surface area (Å²) in [5, 5.41) is 1.95. The van der Waals surface area contributed by atoms with E-state index in [4.69, 9.17) is 0 Å². The van der Waals surface area contributed by atoms with Crippen molar-refractivity contribution in [1.29, 1.82) is 0 Å². The maximum atomic E-state index is 12.3. The van der Waals surface area contributed by atoms with E-state index in [1.165, 1.54) is 16.2 Å². The molecule has 2 aromatic rings. The first-order valence-corrected chi connectivity index (χ1v) is 7.48. The lowest BCUT2D eigenvalue weighted by Crippen LogP contribution is -2.41. The third-order valence-corrected chi connectivity index (χ3v) is 4.75. The molecule has 1 aromatic heterocycles. The number of rotatable bonds is 2. The van der Waals surface area contributed by atoms with E-state index in [-0.39, 0.29) is 11.8 Å². The van der Waals surface area contributed by atoms with Crippen LogP contribution in [0.25, 0.3) is 0 Å². The fraction of sp³-hybridized carbons (Fsp3) is 0.143. The number of amides is 2. The van der Waals surface area contributed by atoms with Crippen LogP contribution in [0.4, 0.5) is 0 Å². The van der Waals surface area contributed by atoms with Crippen molar-refractivity contribution in [3.05, 3.63) is 56.2 Å². The van der Waals surface area contributed by atoms with E-state index < -0.39 is 0 Å². The first-order chi connectivity index (χ1) is 9.15. The average Bonchev–Trinajstić information content (AvgIpc) is 2.80. The van der Waals surface area contributed by atoms with Gasteiger partial charge in [0.05, 0.1) is 13.0 Å². The summed E-state index contributed by atoms with van der Waals surface area (Å²) in [6.07, 6.45) is 0.300. The van der Waals surface area contributed by atoms with E-state index in [1.807, 2.05) is 29.6 Å². The predicted octanol–water partition coefficient (Wildman–Crippen LogP) is 3.24. The van der Waals surface area contributed by atoms with E-state index in [2.05, 4.69) is 15.9 Å². The van der Waals surface area contributed by atoms with Crippen molar-refractivity contribution in [2.45, 2.75) is 13.0 Å². The third-order valence-electron chi connectivity index (χ3n) is 3.07. The Hall–Kier alpha value is -1.46. The van der Waals surface area contributed by atoms with Gasteiger partial charge < -0.3 is 0 Å². The molecule has 0 fully saturated rings. The molecule has 5 heteroatoms. The van der Waals surface area contributed by atoms with Crippen LogP contribution in [0.2, 0.25) is 0 Å². The fourth-order valence-electron chi connectivity index (χ4n) is 2.15. The number of thiophene rings is 1. The maximum Gasteiger partial charge on any atom is 0.261 e. The molecule has 1 aromatic carbocycles. The summed E-state index contributed by atoms with van der Waals surface area (Å²) in [7, 11) is 0. The first kappa shape index (κ1) is 12.6. The Morgan fingerprint density at radius 1 is 1.26 bits per heavy atom. The van der Waals surface area contributed by atoms with Gasteiger partial charge in [-0.1, -0.05) is 18.2 Å². The normalized spacial score (nSPS) is 14.7. The lowest BCUT2D eigenvalue weighted by atomic mass is 9.98. The largest absolute Gasteiger partial charge is 0.274 e. The highest BCUT2D eigenvalue weighted by atomic mass is 79.9. The Morgan fingerprint density at radius 3 is 2.79 bits per heavy atom. The van der Waals surface area contributed by atoms with Crippen LogP contribution in [0.3, 0.4) is 0 Å². The second-order valence-corrected chi connectivity index (χ2v) is 6.26. The minimum atomic E-state index is -0.198. The lowest BCUT2D eigenvalue weighted by molar-refractivity contribution is -0.128. The highest BCUT2D eigenvalue weighted by Crippen LogP contribution is 2.25. The fourth-order valence-corrected chi connectivity index (χ4v) is 3.59. The number of imide groups is 1. The summed E-state index contributed by atoms with van der Waals surface area (Å²) >= 11 is 4.91. The van der Waals surface area contributed by atoms with Gasteiger partial charge in [-0.25, -0.2) is 0 Å². The molecule has 0 bridgehead atoms. The molecule has 3 rings (SSSR count). The third kappa shape index (κ3) is 2.35. The van der Waals surface area contributed by atoms with Crippen molar-refractivity contribution in [3.63, 3.8) is 0 Å². The molecule has 3 nitrogen and oxygen atoms in total. The lowest BCUT2D eigenvalue weighted by Gasteiger charge is -2.26. The van der Waals surface area contributed by atoms with Crippen molar-refractivity contribution in [3.8, 4) is 0 Å². The Bertz CT molecular complexity index is 665. The molecule has 0 radical (unpaired) electrons. The minimum Gasteiger partial charge on any atom is -0.274 e. The van der Waals surface area contributed by atoms with Gasteiger partial charge in [-0.2, -0.15) is 0 Å². The second-order valence-electron chi connectivity index (χ2n) is 4.35. The van der Waals surface area contributed by atoms with Crippen LogP contribution in [0.1, 0.15) is 20.8 Å². The Morgan fingerprint density at radius 2 is 2.05 bits per heavy atom. The maximum absolute atomic E-state index is 12.3. The highest BCUT2D eigenvalue weighted by molar-refractivity contribution is 9.10. The zero-order chi connectivity index (χ0) is 13.4. The SMILES string of the molecule is O=C1Cc2ccccc2C(=O)N1Cc1cc(Br)cs1. The zero-order valence-corrected chi connectivity index (χ0v) is 12.3. The standard InChI is InChI=1S/C14H10BrNO2S/c15-10-6-11(19-8-10)7-16-13(17)5-9-3-1-2-4-12(9)14(16)18/h1-4,6,8H,5,7H2. The van der Waals surface area contributed by atoms with Gasteiger partial charge in [0.15, 0.2) is 0 Å². The quantitative estimate of drug-likeness (QED) is 0.790. The van der Waals surface area contributed by atoms with Gasteiger partial charge in [-0.3, -0.25) is 14.5 Å². The van der Waals surface area contributed by atoms with E-state index in [0.29, 0.717) is 18.5 Å². The number of hydrogen-bond acceptors (Lipinski definition) is 3. The summed E-state index contributed by atoms with van der Waals surface area (Å²) < 4.78 is 0.977. The Kier molecular flexibility index (Phi) is 3.24. The van der Waals surface area contributed by atoms with E-state index in [0.717, 1.165) is 14.9 Å². The zero-order valence-electron chi connectivity index (χ0n) is 9.93. The molecule has 0 saturated heterocycles. The van der Waals surface area contributed by atoms with Crippen molar-refractivity contribution >= 4 is 39.1 Å². The van der Waals surface area contributed by atoms with Crippen LogP contribution in [0, 0.1) is 0 Å². The molecule has 19 heavy (non-hydrogen) atoms. The number of carbonyl (C=O) groups excluding carboxylic acids is 2. The topological polar surface area (TPSA) is 37.4 Å². The molecular weight excluding hydrogens is 326 g/mol. The van der Waals surface area contributed by atoms with Crippen LogP contribution in [0.5, 0.6) is 0 Å². The van der Waals surface area contributed by atoms with Gasteiger partial charge in [0.2, 0.25) is 5.91 Å². The molecule has 0 saturated carbocycles. The van der Waals surface area contributed by atoms with Gasteiger partial charge >= 0.3 is 0 Å². The van der Waals surface area contributed by atoms with Crippen LogP contribution in [-0.4, -0.2) is 16.7 Å². The average molecular weight is 336 g/mol. The smallest absolute Gasteiger partial charge is 0.261 e. The molecule has 1 aliphatic rings. The number of nitrogens with zero attached hydrogens (tertiary/aromatic N) is 1. The van der Waals surface area contributed by atoms with E-state index in [9.17, 15) is 9.59 Å². The van der Waals surface area contributed by atoms with E-state index >= 15 is 0 Å². The van der Waals surface area contributed by atoms with Gasteiger partial charge in [0.25, 0.3) is 5.91 Å². The van der Waals surface area contributed by atoms with Gasteiger partial charge in [0.1, 0.15) is 0 Å². The molecule has 1 aliphatic heterocycles. The summed E-state index contributed by atoms with van der Waals surface area (Å²) in [5.74, 6) is -0.329. The number of carbonyl (C=O) groups is 2. The second kappa shape index (κ2) is 4.90. The molecule has 0 atom stereocenters. The molecular formula is C14H10BrNO2S. The van der Waals surface area contributed by atoms with E-state index in [1.54, 1.807) is 6.07 Å². The van der Waals surface area contributed by atoms with Crippen LogP contribution < -0.4 is 0 Å². The number of fused-ring (bicyclic) bond motifs is 1. The minimum absolute atomic E-state index is 0.131. The van der Waals surface area contributed by atoms with Crippen LogP contribution >= 0.6 is 27.3 Å². The summed E-state index contributed by atoms with van der Waals surface area (Å²) in [6.45, 7) is 0.349. The van der Waals surface area contributed by atoms with Crippen molar-refractivity contribution in [2.75, 3.05) is 0 Å². The molecule has 2 heterocycles. The Labute approximate surface area is 123 Å². The van der Waals surface area contributed by atoms with Crippen LogP contribution in [-0.2, 0) is 17.8 Å². The highest BCUT2D eigenvalue weighted by Gasteiger charge is 2.30. The van der Waals surface area contributed by atoms with Crippen molar-refractivity contribution in [2.24, 2.45) is 0 Å². The summed E-state index contributed by atoms with van der Waals surface area (Å²) in [6, 6.07) is 9.23. The first-order valence-electron chi connectivity index (χ1n) is 5.80. The number of hydrogen-bond donors (Lipinski definition) is 0. The molecule has 96 valence electrons. The monoisotopic (exact) mass is 335 g/mol. The number of benzene rings is 1. The predicted molar refractivity (Wildman–Crippen MR) is 77.0 cm³/mol.